The maximum atomic E-state index is 13.0. The number of aryl methyl sites for hydroxylation is 1. The molecule has 2 aromatic heterocycles. The lowest BCUT2D eigenvalue weighted by Gasteiger charge is -2.16. The van der Waals surface area contributed by atoms with Crippen LogP contribution in [0.4, 0.5) is 6.01 Å². The van der Waals surface area contributed by atoms with E-state index in [0.717, 1.165) is 11.1 Å². The van der Waals surface area contributed by atoms with E-state index in [9.17, 15) is 4.79 Å². The van der Waals surface area contributed by atoms with E-state index in [2.05, 4.69) is 20.6 Å². The van der Waals surface area contributed by atoms with Crippen molar-refractivity contribution in [2.75, 3.05) is 5.32 Å². The van der Waals surface area contributed by atoms with Crippen LogP contribution in [0.25, 0.3) is 11.6 Å². The molecule has 4 aromatic rings. The average molecular weight is 359 g/mol. The molecule has 4 rings (SSSR count). The van der Waals surface area contributed by atoms with Crippen LogP contribution in [0, 0.1) is 0 Å². The van der Waals surface area contributed by atoms with Gasteiger partial charge in [0.2, 0.25) is 5.91 Å². The highest BCUT2D eigenvalue weighted by Gasteiger charge is 2.24. The summed E-state index contributed by atoms with van der Waals surface area (Å²) in [5, 5.41) is 14.8. The van der Waals surface area contributed by atoms with Crippen LogP contribution >= 0.6 is 0 Å². The monoisotopic (exact) mass is 359 g/mol. The Morgan fingerprint density at radius 3 is 2.15 bits per heavy atom. The van der Waals surface area contributed by atoms with Crippen LogP contribution in [0.15, 0.2) is 77.3 Å². The van der Waals surface area contributed by atoms with E-state index in [1.54, 1.807) is 24.0 Å². The number of hydrogen-bond donors (Lipinski definition) is 1. The molecule has 27 heavy (non-hydrogen) atoms. The smallest absolute Gasteiger partial charge is 0.322 e. The molecule has 7 nitrogen and oxygen atoms in total. The molecule has 0 fully saturated rings. The van der Waals surface area contributed by atoms with Crippen LogP contribution in [0.5, 0.6) is 0 Å². The summed E-state index contributed by atoms with van der Waals surface area (Å²) in [6, 6.07) is 20.9. The van der Waals surface area contributed by atoms with E-state index in [1.807, 2.05) is 60.7 Å². The predicted octanol–water partition coefficient (Wildman–Crippen LogP) is 3.24. The van der Waals surface area contributed by atoms with Gasteiger partial charge in [0.05, 0.1) is 5.92 Å². The number of carbonyl (C=O) groups excluding carboxylic acids is 1. The van der Waals surface area contributed by atoms with Gasteiger partial charge in [-0.3, -0.25) is 14.8 Å². The Balaban J connectivity index is 1.60. The molecule has 2 heterocycles. The molecule has 134 valence electrons. The third kappa shape index (κ3) is 3.62. The molecule has 0 aliphatic heterocycles. The topological polar surface area (TPSA) is 85.8 Å². The highest BCUT2D eigenvalue weighted by Crippen LogP contribution is 2.26. The molecular weight excluding hydrogens is 342 g/mol. The van der Waals surface area contributed by atoms with Crippen molar-refractivity contribution in [3.8, 4) is 11.6 Å². The maximum absolute atomic E-state index is 13.0. The number of anilines is 1. The van der Waals surface area contributed by atoms with E-state index < -0.39 is 5.92 Å². The zero-order valence-corrected chi connectivity index (χ0v) is 14.6. The second kappa shape index (κ2) is 7.25. The lowest BCUT2D eigenvalue weighted by atomic mass is 9.90. The third-order valence-corrected chi connectivity index (χ3v) is 4.12. The van der Waals surface area contributed by atoms with Gasteiger partial charge < -0.3 is 4.42 Å². The van der Waals surface area contributed by atoms with Crippen LogP contribution in [-0.2, 0) is 11.8 Å². The minimum Gasteiger partial charge on any atom is -0.401 e. The van der Waals surface area contributed by atoms with Crippen molar-refractivity contribution in [1.82, 2.24) is 20.0 Å². The first kappa shape index (κ1) is 16.7. The molecular formula is C20H17N5O2. The fraction of sp³-hybridized carbons (Fsp3) is 0.100. The minimum atomic E-state index is -0.488. The van der Waals surface area contributed by atoms with Crippen LogP contribution in [-0.4, -0.2) is 25.9 Å². The normalized spacial score (nSPS) is 10.9. The van der Waals surface area contributed by atoms with E-state index in [0.29, 0.717) is 5.69 Å². The fourth-order valence-corrected chi connectivity index (χ4v) is 2.87. The molecule has 0 bridgehead atoms. The Morgan fingerprint density at radius 1 is 0.963 bits per heavy atom. The van der Waals surface area contributed by atoms with Crippen molar-refractivity contribution < 1.29 is 9.21 Å². The Labute approximate surface area is 155 Å². The van der Waals surface area contributed by atoms with Crippen molar-refractivity contribution in [3.63, 3.8) is 0 Å². The lowest BCUT2D eigenvalue weighted by molar-refractivity contribution is -0.116. The second-order valence-electron chi connectivity index (χ2n) is 6.03. The highest BCUT2D eigenvalue weighted by molar-refractivity contribution is 5.96. The Kier molecular flexibility index (Phi) is 4.49. The summed E-state index contributed by atoms with van der Waals surface area (Å²) in [7, 11) is 1.80. The minimum absolute atomic E-state index is 0.0394. The largest absolute Gasteiger partial charge is 0.401 e. The van der Waals surface area contributed by atoms with Gasteiger partial charge in [-0.2, -0.15) is 5.10 Å². The summed E-state index contributed by atoms with van der Waals surface area (Å²) in [4.78, 5) is 13.0. The molecule has 2 aromatic carbocycles. The predicted molar refractivity (Wildman–Crippen MR) is 99.9 cm³/mol. The average Bonchev–Trinajstić information content (AvgIpc) is 3.33. The van der Waals surface area contributed by atoms with Crippen LogP contribution in [0.2, 0.25) is 0 Å². The van der Waals surface area contributed by atoms with Crippen molar-refractivity contribution in [2.24, 2.45) is 7.05 Å². The molecule has 1 amide bonds. The summed E-state index contributed by atoms with van der Waals surface area (Å²) < 4.78 is 7.18. The molecule has 1 N–H and O–H groups in total. The molecule has 0 unspecified atom stereocenters. The van der Waals surface area contributed by atoms with Crippen LogP contribution < -0.4 is 5.32 Å². The zero-order chi connectivity index (χ0) is 18.6. The zero-order valence-electron chi connectivity index (χ0n) is 14.6. The summed E-state index contributed by atoms with van der Waals surface area (Å²) in [5.74, 6) is -0.483. The number of amides is 1. The number of carbonyl (C=O) groups is 1. The first-order valence-electron chi connectivity index (χ1n) is 8.45. The van der Waals surface area contributed by atoms with E-state index >= 15 is 0 Å². The van der Waals surface area contributed by atoms with Gasteiger partial charge in [0.1, 0.15) is 5.69 Å². The standard InChI is InChI=1S/C20H17N5O2/c1-25-13-12-16(24-25)19-22-23-20(27-19)21-18(26)17(14-8-4-2-5-9-14)15-10-6-3-7-11-15/h2-13,17H,1H3,(H,21,23,26). The highest BCUT2D eigenvalue weighted by atomic mass is 16.4. The molecule has 0 saturated carbocycles. The SMILES string of the molecule is Cn1ccc(-c2nnc(NC(=O)C(c3ccccc3)c3ccccc3)o2)n1. The maximum Gasteiger partial charge on any atom is 0.322 e. The number of aromatic nitrogens is 4. The molecule has 0 saturated heterocycles. The Bertz CT molecular complexity index is 1000. The van der Waals surface area contributed by atoms with Crippen molar-refractivity contribution >= 4 is 11.9 Å². The van der Waals surface area contributed by atoms with Gasteiger partial charge in [-0.05, 0) is 17.2 Å². The van der Waals surface area contributed by atoms with E-state index in [-0.39, 0.29) is 17.8 Å². The van der Waals surface area contributed by atoms with Gasteiger partial charge in [-0.1, -0.05) is 65.8 Å². The van der Waals surface area contributed by atoms with Gasteiger partial charge in [-0.15, -0.1) is 5.10 Å². The number of nitrogens with one attached hydrogen (secondary N) is 1. The van der Waals surface area contributed by atoms with Crippen molar-refractivity contribution in [3.05, 3.63) is 84.1 Å². The first-order valence-corrected chi connectivity index (χ1v) is 8.45. The van der Waals surface area contributed by atoms with Crippen LogP contribution in [0.1, 0.15) is 17.0 Å². The Hall–Kier alpha value is -3.74. The van der Waals surface area contributed by atoms with E-state index in [4.69, 9.17) is 4.42 Å². The van der Waals surface area contributed by atoms with Gasteiger partial charge in [0, 0.05) is 13.2 Å². The lowest BCUT2D eigenvalue weighted by Crippen LogP contribution is -2.22. The molecule has 0 spiro atoms. The molecule has 0 aliphatic carbocycles. The number of benzene rings is 2. The second-order valence-corrected chi connectivity index (χ2v) is 6.03. The van der Waals surface area contributed by atoms with Gasteiger partial charge in [-0.25, -0.2) is 0 Å². The number of hydrogen-bond acceptors (Lipinski definition) is 5. The van der Waals surface area contributed by atoms with Gasteiger partial charge in [0.25, 0.3) is 5.89 Å². The summed E-state index contributed by atoms with van der Waals surface area (Å²) in [5.41, 5.74) is 2.31. The van der Waals surface area contributed by atoms with Crippen molar-refractivity contribution in [2.45, 2.75) is 5.92 Å². The van der Waals surface area contributed by atoms with Crippen molar-refractivity contribution in [1.29, 1.82) is 0 Å². The molecule has 7 heteroatoms. The van der Waals surface area contributed by atoms with Crippen LogP contribution in [0.3, 0.4) is 0 Å². The molecule has 0 aliphatic rings. The molecule has 0 radical (unpaired) electrons. The molecule has 0 atom stereocenters. The summed E-state index contributed by atoms with van der Waals surface area (Å²) >= 11 is 0. The third-order valence-electron chi connectivity index (χ3n) is 4.12. The summed E-state index contributed by atoms with van der Waals surface area (Å²) in [6.45, 7) is 0. The fourth-order valence-electron chi connectivity index (χ4n) is 2.87. The quantitative estimate of drug-likeness (QED) is 0.591. The summed E-state index contributed by atoms with van der Waals surface area (Å²) in [6.07, 6.45) is 1.78. The number of nitrogens with zero attached hydrogens (tertiary/aromatic N) is 4. The Morgan fingerprint density at radius 2 is 1.59 bits per heavy atom. The van der Waals surface area contributed by atoms with Gasteiger partial charge in [0.15, 0.2) is 0 Å². The number of rotatable bonds is 5. The first-order chi connectivity index (χ1) is 13.2. The van der Waals surface area contributed by atoms with E-state index in [1.165, 1.54) is 0 Å². The van der Waals surface area contributed by atoms with Gasteiger partial charge >= 0.3 is 6.01 Å².